The number of aldehydes is 1. The van der Waals surface area contributed by atoms with E-state index in [4.69, 9.17) is 0 Å². The first-order valence-electron chi connectivity index (χ1n) is 6.45. The number of hydrogen-bond acceptors (Lipinski definition) is 3. The molecule has 1 N–H and O–H groups in total. The molecule has 0 unspecified atom stereocenters. The van der Waals surface area contributed by atoms with E-state index in [0.29, 0.717) is 19.4 Å². The Balaban J connectivity index is 2.27. The summed E-state index contributed by atoms with van der Waals surface area (Å²) >= 11 is 0. The molecule has 1 aliphatic rings. The zero-order chi connectivity index (χ0) is 13.7. The van der Waals surface area contributed by atoms with Crippen LogP contribution in [0.2, 0.25) is 0 Å². The molecular formula is C15H18N2O2. The van der Waals surface area contributed by atoms with Gasteiger partial charge in [-0.25, -0.2) is 0 Å². The van der Waals surface area contributed by atoms with Gasteiger partial charge < -0.3 is 10.2 Å². The van der Waals surface area contributed by atoms with Crippen LogP contribution < -0.4 is 5.32 Å². The van der Waals surface area contributed by atoms with Crippen LogP contribution in [0.15, 0.2) is 35.9 Å². The van der Waals surface area contributed by atoms with Crippen LogP contribution in [0.25, 0.3) is 5.57 Å². The fourth-order valence-corrected chi connectivity index (χ4v) is 2.18. The van der Waals surface area contributed by atoms with Gasteiger partial charge in [0.25, 0.3) is 5.91 Å². The standard InChI is InChI=1S/C15H18N2O2/c1-12(13-5-3-2-4-6-13)14(11-18)15(19)17-9-7-16-8-10-17/h2-6,11,16H,7-10H2,1H3. The van der Waals surface area contributed by atoms with E-state index in [9.17, 15) is 9.59 Å². The molecule has 4 nitrogen and oxygen atoms in total. The van der Waals surface area contributed by atoms with Gasteiger partial charge in [0.2, 0.25) is 0 Å². The van der Waals surface area contributed by atoms with Crippen molar-refractivity contribution >= 4 is 17.8 Å². The van der Waals surface area contributed by atoms with Crippen LogP contribution in [-0.4, -0.2) is 43.3 Å². The smallest absolute Gasteiger partial charge is 0.257 e. The lowest BCUT2D eigenvalue weighted by Gasteiger charge is -2.27. The maximum absolute atomic E-state index is 12.4. The SMILES string of the molecule is CC(=C(C=O)C(=O)N1CCNCC1)c1ccccc1. The normalized spacial score (nSPS) is 16.8. The van der Waals surface area contributed by atoms with E-state index < -0.39 is 0 Å². The monoisotopic (exact) mass is 258 g/mol. The predicted molar refractivity (Wildman–Crippen MR) is 74.5 cm³/mol. The van der Waals surface area contributed by atoms with Crippen LogP contribution in [0.4, 0.5) is 0 Å². The van der Waals surface area contributed by atoms with Gasteiger partial charge in [0, 0.05) is 26.2 Å². The second-order valence-corrected chi connectivity index (χ2v) is 4.56. The molecule has 100 valence electrons. The maximum Gasteiger partial charge on any atom is 0.257 e. The second kappa shape index (κ2) is 6.29. The highest BCUT2D eigenvalue weighted by Crippen LogP contribution is 2.18. The average Bonchev–Trinajstić information content (AvgIpc) is 2.49. The van der Waals surface area contributed by atoms with Crippen molar-refractivity contribution in [2.24, 2.45) is 0 Å². The van der Waals surface area contributed by atoms with Gasteiger partial charge in [-0.2, -0.15) is 0 Å². The number of carbonyl (C=O) groups excluding carboxylic acids is 2. The van der Waals surface area contributed by atoms with Crippen molar-refractivity contribution in [3.8, 4) is 0 Å². The minimum Gasteiger partial charge on any atom is -0.336 e. The number of amides is 1. The molecule has 0 aromatic heterocycles. The summed E-state index contributed by atoms with van der Waals surface area (Å²) in [6.07, 6.45) is 0.673. The van der Waals surface area contributed by atoms with Crippen molar-refractivity contribution in [3.63, 3.8) is 0 Å². The lowest BCUT2D eigenvalue weighted by atomic mass is 10.0. The number of piperazine rings is 1. The summed E-state index contributed by atoms with van der Waals surface area (Å²) in [4.78, 5) is 25.4. The molecular weight excluding hydrogens is 240 g/mol. The van der Waals surface area contributed by atoms with Crippen molar-refractivity contribution in [1.82, 2.24) is 10.2 Å². The lowest BCUT2D eigenvalue weighted by Crippen LogP contribution is -2.47. The van der Waals surface area contributed by atoms with Crippen molar-refractivity contribution in [3.05, 3.63) is 41.5 Å². The third kappa shape index (κ3) is 3.09. The van der Waals surface area contributed by atoms with E-state index >= 15 is 0 Å². The van der Waals surface area contributed by atoms with E-state index in [1.54, 1.807) is 4.90 Å². The molecule has 4 heteroatoms. The topological polar surface area (TPSA) is 49.4 Å². The maximum atomic E-state index is 12.4. The Kier molecular flexibility index (Phi) is 4.47. The molecule has 0 saturated carbocycles. The quantitative estimate of drug-likeness (QED) is 0.382. The van der Waals surface area contributed by atoms with Crippen LogP contribution in [0.1, 0.15) is 12.5 Å². The first kappa shape index (κ1) is 13.5. The number of rotatable bonds is 3. The predicted octanol–water partition coefficient (Wildman–Crippen LogP) is 1.09. The third-order valence-electron chi connectivity index (χ3n) is 3.36. The highest BCUT2D eigenvalue weighted by Gasteiger charge is 2.21. The molecule has 1 aliphatic heterocycles. The zero-order valence-electron chi connectivity index (χ0n) is 11.1. The average molecular weight is 258 g/mol. The third-order valence-corrected chi connectivity index (χ3v) is 3.36. The molecule has 1 fully saturated rings. The van der Waals surface area contributed by atoms with Crippen LogP contribution in [0.5, 0.6) is 0 Å². The van der Waals surface area contributed by atoms with Crippen molar-refractivity contribution in [2.45, 2.75) is 6.92 Å². The molecule has 0 atom stereocenters. The first-order valence-corrected chi connectivity index (χ1v) is 6.45. The van der Waals surface area contributed by atoms with Gasteiger partial charge in [-0.15, -0.1) is 0 Å². The minimum absolute atomic E-state index is 0.169. The number of nitrogens with zero attached hydrogens (tertiary/aromatic N) is 1. The number of nitrogens with one attached hydrogen (secondary N) is 1. The lowest BCUT2D eigenvalue weighted by molar-refractivity contribution is -0.128. The van der Waals surface area contributed by atoms with Crippen molar-refractivity contribution in [2.75, 3.05) is 26.2 Å². The molecule has 1 aromatic carbocycles. The van der Waals surface area contributed by atoms with Crippen LogP contribution in [0.3, 0.4) is 0 Å². The zero-order valence-corrected chi connectivity index (χ0v) is 11.1. The molecule has 1 amide bonds. The Bertz CT molecular complexity index is 488. The summed E-state index contributed by atoms with van der Waals surface area (Å²) in [5.41, 5.74) is 1.90. The largest absolute Gasteiger partial charge is 0.336 e. The molecule has 2 rings (SSSR count). The van der Waals surface area contributed by atoms with E-state index in [0.717, 1.165) is 24.2 Å². The Labute approximate surface area is 113 Å². The Morgan fingerprint density at radius 3 is 2.42 bits per heavy atom. The fraction of sp³-hybridized carbons (Fsp3) is 0.333. The highest BCUT2D eigenvalue weighted by atomic mass is 16.2. The van der Waals surface area contributed by atoms with Crippen LogP contribution >= 0.6 is 0 Å². The highest BCUT2D eigenvalue weighted by molar-refractivity contribution is 6.16. The summed E-state index contributed by atoms with van der Waals surface area (Å²) in [6, 6.07) is 9.52. The van der Waals surface area contributed by atoms with E-state index in [2.05, 4.69) is 5.32 Å². The van der Waals surface area contributed by atoms with E-state index in [-0.39, 0.29) is 11.5 Å². The number of allylic oxidation sites excluding steroid dienone is 1. The summed E-state index contributed by atoms with van der Waals surface area (Å²) in [5.74, 6) is -0.169. The van der Waals surface area contributed by atoms with Gasteiger partial charge in [-0.1, -0.05) is 30.3 Å². The fourth-order valence-electron chi connectivity index (χ4n) is 2.18. The number of hydrogen-bond donors (Lipinski definition) is 1. The molecule has 0 radical (unpaired) electrons. The Hall–Kier alpha value is -1.94. The van der Waals surface area contributed by atoms with Gasteiger partial charge in [0.05, 0.1) is 5.57 Å². The second-order valence-electron chi connectivity index (χ2n) is 4.56. The summed E-state index contributed by atoms with van der Waals surface area (Å²) < 4.78 is 0. The molecule has 19 heavy (non-hydrogen) atoms. The summed E-state index contributed by atoms with van der Waals surface area (Å²) in [6.45, 7) is 4.68. The van der Waals surface area contributed by atoms with Crippen LogP contribution in [-0.2, 0) is 9.59 Å². The van der Waals surface area contributed by atoms with Gasteiger partial charge >= 0.3 is 0 Å². The minimum atomic E-state index is -0.169. The molecule has 1 heterocycles. The van der Waals surface area contributed by atoms with Gasteiger partial charge in [-0.3, -0.25) is 9.59 Å². The number of benzene rings is 1. The van der Waals surface area contributed by atoms with Crippen molar-refractivity contribution in [1.29, 1.82) is 0 Å². The molecule has 0 bridgehead atoms. The van der Waals surface area contributed by atoms with E-state index in [1.165, 1.54) is 0 Å². The molecule has 0 spiro atoms. The van der Waals surface area contributed by atoms with Crippen LogP contribution in [0, 0.1) is 0 Å². The molecule has 1 aromatic rings. The van der Waals surface area contributed by atoms with E-state index in [1.807, 2.05) is 37.3 Å². The van der Waals surface area contributed by atoms with Gasteiger partial charge in [-0.05, 0) is 18.1 Å². The van der Waals surface area contributed by atoms with Crippen molar-refractivity contribution < 1.29 is 9.59 Å². The summed E-state index contributed by atoms with van der Waals surface area (Å²) in [5, 5.41) is 3.19. The van der Waals surface area contributed by atoms with Gasteiger partial charge in [0.1, 0.15) is 0 Å². The molecule has 1 saturated heterocycles. The Morgan fingerprint density at radius 2 is 1.84 bits per heavy atom. The molecule has 0 aliphatic carbocycles. The summed E-state index contributed by atoms with van der Waals surface area (Å²) in [7, 11) is 0. The first-order chi connectivity index (χ1) is 9.24. The Morgan fingerprint density at radius 1 is 1.21 bits per heavy atom. The number of carbonyl (C=O) groups is 2. The van der Waals surface area contributed by atoms with Gasteiger partial charge in [0.15, 0.2) is 6.29 Å².